The van der Waals surface area contributed by atoms with Crippen molar-refractivity contribution >= 4 is 33.3 Å². The first-order valence-electron chi connectivity index (χ1n) is 6.17. The van der Waals surface area contributed by atoms with E-state index < -0.39 is 10.0 Å². The number of aromatic nitrogens is 2. The van der Waals surface area contributed by atoms with Crippen LogP contribution in [-0.4, -0.2) is 42.9 Å². The minimum absolute atomic E-state index is 0.143. The molecule has 2 heterocycles. The fourth-order valence-corrected chi connectivity index (χ4v) is 3.55. The molecule has 2 aromatic heterocycles. The SMILES string of the molecule is CNc1nc2ccccn2c1S(=O)(=O)NCC(C)SC. The van der Waals surface area contributed by atoms with Crippen molar-refractivity contribution in [2.75, 3.05) is 25.2 Å². The zero-order chi connectivity index (χ0) is 14.8. The van der Waals surface area contributed by atoms with Crippen molar-refractivity contribution in [3.8, 4) is 0 Å². The zero-order valence-electron chi connectivity index (χ0n) is 11.6. The quantitative estimate of drug-likeness (QED) is 0.843. The molecule has 0 aromatic carbocycles. The van der Waals surface area contributed by atoms with Gasteiger partial charge in [-0.25, -0.2) is 18.1 Å². The molecule has 0 amide bonds. The molecule has 0 fully saturated rings. The Bertz CT molecular complexity index is 697. The maximum absolute atomic E-state index is 12.5. The topological polar surface area (TPSA) is 75.5 Å². The number of thioether (sulfide) groups is 1. The first kappa shape index (κ1) is 15.1. The lowest BCUT2D eigenvalue weighted by molar-refractivity contribution is 0.577. The number of pyridine rings is 1. The lowest BCUT2D eigenvalue weighted by Crippen LogP contribution is -2.30. The predicted molar refractivity (Wildman–Crippen MR) is 82.9 cm³/mol. The third kappa shape index (κ3) is 2.92. The van der Waals surface area contributed by atoms with Gasteiger partial charge in [0.2, 0.25) is 0 Å². The molecule has 1 unspecified atom stereocenters. The second kappa shape index (κ2) is 6.02. The molecule has 2 rings (SSSR count). The zero-order valence-corrected chi connectivity index (χ0v) is 13.3. The number of sulfonamides is 1. The van der Waals surface area contributed by atoms with Crippen molar-refractivity contribution in [3.63, 3.8) is 0 Å². The maximum atomic E-state index is 12.5. The van der Waals surface area contributed by atoms with Crippen LogP contribution >= 0.6 is 11.8 Å². The summed E-state index contributed by atoms with van der Waals surface area (Å²) in [4.78, 5) is 4.27. The van der Waals surface area contributed by atoms with Gasteiger partial charge < -0.3 is 5.32 Å². The highest BCUT2D eigenvalue weighted by molar-refractivity contribution is 7.99. The average molecular weight is 314 g/mol. The predicted octanol–water partition coefficient (Wildman–Crippen LogP) is 1.41. The number of imidazole rings is 1. The molecule has 110 valence electrons. The summed E-state index contributed by atoms with van der Waals surface area (Å²) in [6, 6.07) is 5.36. The van der Waals surface area contributed by atoms with E-state index in [2.05, 4.69) is 15.0 Å². The van der Waals surface area contributed by atoms with E-state index in [9.17, 15) is 8.42 Å². The monoisotopic (exact) mass is 314 g/mol. The molecule has 20 heavy (non-hydrogen) atoms. The third-order valence-corrected chi connectivity index (χ3v) is 5.36. The number of nitrogens with one attached hydrogen (secondary N) is 2. The molecule has 0 spiro atoms. The number of hydrogen-bond acceptors (Lipinski definition) is 5. The second-order valence-electron chi connectivity index (χ2n) is 4.34. The molecule has 0 aliphatic rings. The van der Waals surface area contributed by atoms with E-state index in [0.29, 0.717) is 18.0 Å². The molecular weight excluding hydrogens is 296 g/mol. The summed E-state index contributed by atoms with van der Waals surface area (Å²) in [5.74, 6) is 0.348. The molecule has 0 radical (unpaired) electrons. The van der Waals surface area contributed by atoms with Crippen LogP contribution in [0, 0.1) is 0 Å². The summed E-state index contributed by atoms with van der Waals surface area (Å²) in [5.41, 5.74) is 0.593. The van der Waals surface area contributed by atoms with Gasteiger partial charge in [0.25, 0.3) is 10.0 Å². The molecule has 0 saturated heterocycles. The molecule has 0 aliphatic carbocycles. The minimum atomic E-state index is -3.62. The maximum Gasteiger partial charge on any atom is 0.260 e. The normalized spacial score (nSPS) is 13.6. The molecular formula is C12H18N4O2S2. The third-order valence-electron chi connectivity index (χ3n) is 2.94. The number of rotatable bonds is 6. The van der Waals surface area contributed by atoms with Crippen LogP contribution in [0.5, 0.6) is 0 Å². The molecule has 6 nitrogen and oxygen atoms in total. The van der Waals surface area contributed by atoms with E-state index >= 15 is 0 Å². The average Bonchev–Trinajstić information content (AvgIpc) is 2.84. The Kier molecular flexibility index (Phi) is 4.56. The van der Waals surface area contributed by atoms with Crippen LogP contribution in [0.15, 0.2) is 29.4 Å². The van der Waals surface area contributed by atoms with Gasteiger partial charge in [-0.05, 0) is 18.4 Å². The van der Waals surface area contributed by atoms with Crippen LogP contribution in [0.3, 0.4) is 0 Å². The Morgan fingerprint density at radius 1 is 1.45 bits per heavy atom. The fraction of sp³-hybridized carbons (Fsp3) is 0.417. The van der Waals surface area contributed by atoms with Crippen molar-refractivity contribution in [2.24, 2.45) is 0 Å². The van der Waals surface area contributed by atoms with Gasteiger partial charge in [0.05, 0.1) is 0 Å². The Hall–Kier alpha value is -1.25. The largest absolute Gasteiger partial charge is 0.371 e. The Morgan fingerprint density at radius 3 is 2.85 bits per heavy atom. The molecule has 0 aliphatic heterocycles. The van der Waals surface area contributed by atoms with Crippen LogP contribution in [-0.2, 0) is 10.0 Å². The summed E-state index contributed by atoms with van der Waals surface area (Å²) in [5, 5.41) is 3.19. The Morgan fingerprint density at radius 2 is 2.20 bits per heavy atom. The van der Waals surface area contributed by atoms with Gasteiger partial charge in [-0.15, -0.1) is 0 Å². The lowest BCUT2D eigenvalue weighted by Gasteiger charge is -2.11. The van der Waals surface area contributed by atoms with E-state index in [1.807, 2.05) is 19.2 Å². The molecule has 0 saturated carbocycles. The molecule has 2 aromatic rings. The number of anilines is 1. The number of nitrogens with zero attached hydrogens (tertiary/aromatic N) is 2. The van der Waals surface area contributed by atoms with E-state index in [1.165, 1.54) is 0 Å². The highest BCUT2D eigenvalue weighted by atomic mass is 32.2. The van der Waals surface area contributed by atoms with Crippen LogP contribution in [0.25, 0.3) is 5.65 Å². The van der Waals surface area contributed by atoms with Crippen LogP contribution in [0.4, 0.5) is 5.82 Å². The van der Waals surface area contributed by atoms with Crippen molar-refractivity contribution in [1.29, 1.82) is 0 Å². The summed E-state index contributed by atoms with van der Waals surface area (Å²) >= 11 is 1.61. The first-order valence-corrected chi connectivity index (χ1v) is 8.94. The minimum Gasteiger partial charge on any atom is -0.371 e. The van der Waals surface area contributed by atoms with Crippen LogP contribution in [0.1, 0.15) is 6.92 Å². The van der Waals surface area contributed by atoms with Crippen LogP contribution in [0.2, 0.25) is 0 Å². The van der Waals surface area contributed by atoms with Gasteiger partial charge in [-0.2, -0.15) is 11.8 Å². The van der Waals surface area contributed by atoms with Crippen molar-refractivity contribution < 1.29 is 8.42 Å². The van der Waals surface area contributed by atoms with Crippen molar-refractivity contribution in [1.82, 2.24) is 14.1 Å². The Balaban J connectivity index is 2.45. The fourth-order valence-electron chi connectivity index (χ4n) is 1.77. The van der Waals surface area contributed by atoms with Gasteiger partial charge >= 0.3 is 0 Å². The summed E-state index contributed by atoms with van der Waals surface area (Å²) in [6.07, 6.45) is 3.64. The first-order chi connectivity index (χ1) is 9.49. The van der Waals surface area contributed by atoms with Crippen molar-refractivity contribution in [3.05, 3.63) is 24.4 Å². The summed E-state index contributed by atoms with van der Waals surface area (Å²) < 4.78 is 29.2. The molecule has 0 bridgehead atoms. The lowest BCUT2D eigenvalue weighted by atomic mass is 10.5. The highest BCUT2D eigenvalue weighted by Crippen LogP contribution is 2.22. The number of hydrogen-bond donors (Lipinski definition) is 2. The van der Waals surface area contributed by atoms with Gasteiger partial charge in [-0.1, -0.05) is 13.0 Å². The van der Waals surface area contributed by atoms with E-state index in [4.69, 9.17) is 0 Å². The molecule has 2 N–H and O–H groups in total. The standard InChI is InChI=1S/C12H18N4O2S2/c1-9(19-3)8-14-20(17,18)12-11(13-2)15-10-6-4-5-7-16(10)12/h4-7,9,13-14H,8H2,1-3H3. The van der Waals surface area contributed by atoms with E-state index in [1.54, 1.807) is 41.5 Å². The summed E-state index contributed by atoms with van der Waals surface area (Å²) in [6.45, 7) is 2.35. The smallest absolute Gasteiger partial charge is 0.260 e. The van der Waals surface area contributed by atoms with Gasteiger partial charge in [-0.3, -0.25) is 4.40 Å². The van der Waals surface area contributed by atoms with Crippen LogP contribution < -0.4 is 10.0 Å². The molecule has 8 heteroatoms. The highest BCUT2D eigenvalue weighted by Gasteiger charge is 2.24. The van der Waals surface area contributed by atoms with E-state index in [0.717, 1.165) is 0 Å². The van der Waals surface area contributed by atoms with Gasteiger partial charge in [0, 0.05) is 25.0 Å². The molecule has 1 atom stereocenters. The van der Waals surface area contributed by atoms with E-state index in [-0.39, 0.29) is 10.3 Å². The summed E-state index contributed by atoms with van der Waals surface area (Å²) in [7, 11) is -1.96. The van der Waals surface area contributed by atoms with Crippen molar-refractivity contribution in [2.45, 2.75) is 17.2 Å². The second-order valence-corrected chi connectivity index (χ2v) is 7.30. The number of fused-ring (bicyclic) bond motifs is 1. The van der Waals surface area contributed by atoms with Gasteiger partial charge in [0.15, 0.2) is 10.8 Å². The Labute approximate surface area is 123 Å². The van der Waals surface area contributed by atoms with Gasteiger partial charge in [0.1, 0.15) is 5.65 Å².